The third-order valence-corrected chi connectivity index (χ3v) is 3.00. The summed E-state index contributed by atoms with van der Waals surface area (Å²) in [6, 6.07) is 11.7. The van der Waals surface area contributed by atoms with Crippen molar-refractivity contribution in [3.63, 3.8) is 0 Å². The van der Waals surface area contributed by atoms with E-state index in [1.54, 1.807) is 24.3 Å². The van der Waals surface area contributed by atoms with Gasteiger partial charge in [-0.3, -0.25) is 0 Å². The molecule has 0 bridgehead atoms. The van der Waals surface area contributed by atoms with Crippen LogP contribution in [0, 0.1) is 5.82 Å². The minimum atomic E-state index is -0.393. The normalized spacial score (nSPS) is 10.3. The Bertz CT molecular complexity index is 531. The number of para-hydroxylation sites is 1. The number of hydrogen-bond donors (Lipinski definition) is 0. The van der Waals surface area contributed by atoms with Gasteiger partial charge in [-0.1, -0.05) is 28.1 Å². The van der Waals surface area contributed by atoms with E-state index in [-0.39, 0.29) is 5.75 Å². The number of alkyl halides is 1. The molecule has 0 N–H and O–H groups in total. The van der Waals surface area contributed by atoms with Crippen LogP contribution in [0.3, 0.4) is 0 Å². The zero-order chi connectivity index (χ0) is 12.3. The molecule has 2 aromatic carbocycles. The van der Waals surface area contributed by atoms with Crippen molar-refractivity contribution < 1.29 is 9.13 Å². The predicted molar refractivity (Wildman–Crippen MR) is 70.2 cm³/mol. The highest BCUT2D eigenvalue weighted by Crippen LogP contribution is 2.30. The third kappa shape index (κ3) is 2.99. The van der Waals surface area contributed by atoms with Gasteiger partial charge in [0.2, 0.25) is 0 Å². The lowest BCUT2D eigenvalue weighted by molar-refractivity contribution is 0.439. The highest BCUT2D eigenvalue weighted by molar-refractivity contribution is 9.10. The Morgan fingerprint density at radius 2 is 1.88 bits per heavy atom. The molecular weight excluding hydrogens is 306 g/mol. The van der Waals surface area contributed by atoms with Gasteiger partial charge in [0.1, 0.15) is 5.75 Å². The van der Waals surface area contributed by atoms with Crippen molar-refractivity contribution in [3.05, 3.63) is 58.3 Å². The number of halogens is 3. The Kier molecular flexibility index (Phi) is 4.02. The fraction of sp³-hybridized carbons (Fsp3) is 0.0769. The summed E-state index contributed by atoms with van der Waals surface area (Å²) in [7, 11) is 0. The predicted octanol–water partition coefficient (Wildman–Crippen LogP) is 5.12. The van der Waals surface area contributed by atoms with Crippen LogP contribution in [-0.2, 0) is 5.88 Å². The Morgan fingerprint density at radius 3 is 2.59 bits per heavy atom. The van der Waals surface area contributed by atoms with Crippen LogP contribution < -0.4 is 4.74 Å². The zero-order valence-electron chi connectivity index (χ0n) is 8.79. The van der Waals surface area contributed by atoms with Gasteiger partial charge in [-0.2, -0.15) is 0 Å². The monoisotopic (exact) mass is 314 g/mol. The van der Waals surface area contributed by atoms with Gasteiger partial charge in [0.05, 0.1) is 5.88 Å². The fourth-order valence-electron chi connectivity index (χ4n) is 1.40. The highest BCUT2D eigenvalue weighted by Gasteiger charge is 2.07. The van der Waals surface area contributed by atoms with Gasteiger partial charge in [0.15, 0.2) is 11.6 Å². The van der Waals surface area contributed by atoms with Crippen LogP contribution >= 0.6 is 27.5 Å². The topological polar surface area (TPSA) is 9.23 Å². The molecule has 0 saturated carbocycles. The standard InChI is InChI=1S/C13H9BrClFO/c14-10-5-6-12(9(7-10)8-15)17-13-4-2-1-3-11(13)16/h1-7H,8H2. The van der Waals surface area contributed by atoms with E-state index in [1.807, 2.05) is 12.1 Å². The van der Waals surface area contributed by atoms with Gasteiger partial charge >= 0.3 is 0 Å². The largest absolute Gasteiger partial charge is 0.454 e. The summed E-state index contributed by atoms with van der Waals surface area (Å²) < 4.78 is 19.8. The van der Waals surface area contributed by atoms with E-state index in [2.05, 4.69) is 15.9 Å². The van der Waals surface area contributed by atoms with Crippen molar-refractivity contribution in [1.29, 1.82) is 0 Å². The Hall–Kier alpha value is -1.06. The van der Waals surface area contributed by atoms with Gasteiger partial charge in [-0.25, -0.2) is 4.39 Å². The van der Waals surface area contributed by atoms with Crippen LogP contribution in [0.2, 0.25) is 0 Å². The van der Waals surface area contributed by atoms with E-state index >= 15 is 0 Å². The van der Waals surface area contributed by atoms with E-state index in [0.717, 1.165) is 10.0 Å². The minimum Gasteiger partial charge on any atom is -0.454 e. The zero-order valence-corrected chi connectivity index (χ0v) is 11.1. The maximum Gasteiger partial charge on any atom is 0.165 e. The minimum absolute atomic E-state index is 0.196. The maximum atomic E-state index is 13.4. The molecule has 0 heterocycles. The molecule has 2 aromatic rings. The van der Waals surface area contributed by atoms with Gasteiger partial charge in [0.25, 0.3) is 0 Å². The van der Waals surface area contributed by atoms with Crippen molar-refractivity contribution in [2.24, 2.45) is 0 Å². The van der Waals surface area contributed by atoms with Crippen molar-refractivity contribution in [2.75, 3.05) is 0 Å². The summed E-state index contributed by atoms with van der Waals surface area (Å²) in [6.45, 7) is 0. The first-order chi connectivity index (χ1) is 8.20. The molecule has 4 heteroatoms. The molecule has 0 fully saturated rings. The van der Waals surface area contributed by atoms with Gasteiger partial charge < -0.3 is 4.74 Å². The molecule has 2 rings (SSSR count). The van der Waals surface area contributed by atoms with Crippen molar-refractivity contribution in [1.82, 2.24) is 0 Å². The first kappa shape index (κ1) is 12.4. The summed E-state index contributed by atoms with van der Waals surface area (Å²) in [5.41, 5.74) is 0.810. The molecule has 0 saturated heterocycles. The molecule has 0 aliphatic carbocycles. The average molecular weight is 316 g/mol. The van der Waals surface area contributed by atoms with Crippen LogP contribution in [0.1, 0.15) is 5.56 Å². The molecule has 17 heavy (non-hydrogen) atoms. The van der Waals surface area contributed by atoms with Crippen LogP contribution in [-0.4, -0.2) is 0 Å². The van der Waals surface area contributed by atoms with Crippen molar-refractivity contribution >= 4 is 27.5 Å². The fourth-order valence-corrected chi connectivity index (χ4v) is 2.02. The summed E-state index contributed by atoms with van der Waals surface area (Å²) in [4.78, 5) is 0. The molecule has 0 unspecified atom stereocenters. The lowest BCUT2D eigenvalue weighted by atomic mass is 10.2. The SMILES string of the molecule is Fc1ccccc1Oc1ccc(Br)cc1CCl. The van der Waals surface area contributed by atoms with E-state index < -0.39 is 5.82 Å². The number of benzene rings is 2. The molecule has 1 nitrogen and oxygen atoms in total. The van der Waals surface area contributed by atoms with Crippen LogP contribution in [0.15, 0.2) is 46.9 Å². The molecule has 0 radical (unpaired) electrons. The molecule has 88 valence electrons. The maximum absolute atomic E-state index is 13.4. The van der Waals surface area contributed by atoms with Crippen molar-refractivity contribution in [3.8, 4) is 11.5 Å². The first-order valence-corrected chi connectivity index (χ1v) is 6.30. The van der Waals surface area contributed by atoms with Crippen LogP contribution in [0.25, 0.3) is 0 Å². The summed E-state index contributed by atoms with van der Waals surface area (Å²) in [6.07, 6.45) is 0. The molecule has 0 atom stereocenters. The number of hydrogen-bond acceptors (Lipinski definition) is 1. The van der Waals surface area contributed by atoms with Crippen LogP contribution in [0.5, 0.6) is 11.5 Å². The quantitative estimate of drug-likeness (QED) is 0.714. The second kappa shape index (κ2) is 5.52. The summed E-state index contributed by atoms with van der Waals surface area (Å²) >= 11 is 9.16. The van der Waals surface area contributed by atoms with E-state index in [4.69, 9.17) is 16.3 Å². The lowest BCUT2D eigenvalue weighted by Crippen LogP contribution is -1.91. The molecule has 0 amide bonds. The molecule has 0 aromatic heterocycles. The van der Waals surface area contributed by atoms with Crippen molar-refractivity contribution in [2.45, 2.75) is 5.88 Å². The van der Waals surface area contributed by atoms with Gasteiger partial charge in [-0.05, 0) is 30.3 Å². The number of ether oxygens (including phenoxy) is 1. The lowest BCUT2D eigenvalue weighted by Gasteiger charge is -2.10. The number of rotatable bonds is 3. The van der Waals surface area contributed by atoms with E-state index in [0.29, 0.717) is 11.6 Å². The third-order valence-electron chi connectivity index (χ3n) is 2.22. The van der Waals surface area contributed by atoms with E-state index in [9.17, 15) is 4.39 Å². The molecule has 0 spiro atoms. The summed E-state index contributed by atoms with van der Waals surface area (Å²) in [5.74, 6) is 0.675. The van der Waals surface area contributed by atoms with Crippen LogP contribution in [0.4, 0.5) is 4.39 Å². The summed E-state index contributed by atoms with van der Waals surface area (Å²) in [5, 5.41) is 0. The smallest absolute Gasteiger partial charge is 0.165 e. The van der Waals surface area contributed by atoms with Gasteiger partial charge in [0, 0.05) is 10.0 Å². The molecular formula is C13H9BrClFO. The highest BCUT2D eigenvalue weighted by atomic mass is 79.9. The second-order valence-electron chi connectivity index (χ2n) is 3.42. The van der Waals surface area contributed by atoms with E-state index in [1.165, 1.54) is 6.07 Å². The molecule has 0 aliphatic heterocycles. The Balaban J connectivity index is 2.33. The first-order valence-electron chi connectivity index (χ1n) is 4.97. The molecule has 0 aliphatic rings. The second-order valence-corrected chi connectivity index (χ2v) is 4.60. The Morgan fingerprint density at radius 1 is 1.12 bits per heavy atom. The van der Waals surface area contributed by atoms with Gasteiger partial charge in [-0.15, -0.1) is 11.6 Å². The Labute approximate surface area is 112 Å². The average Bonchev–Trinajstić information content (AvgIpc) is 2.34.